The lowest BCUT2D eigenvalue weighted by Crippen LogP contribution is -3.14. The van der Waals surface area contributed by atoms with Crippen LogP contribution < -0.4 is 10.5 Å². The van der Waals surface area contributed by atoms with E-state index in [1.807, 2.05) is 42.7 Å². The fourth-order valence-electron chi connectivity index (χ4n) is 3.70. The van der Waals surface area contributed by atoms with E-state index in [0.717, 1.165) is 67.0 Å². The van der Waals surface area contributed by atoms with Crippen LogP contribution in [0, 0.1) is 13.8 Å². The number of rotatable bonds is 7. The maximum atomic E-state index is 13.2. The Bertz CT molecular complexity index is 1020. The first-order valence-electron chi connectivity index (χ1n) is 10.1. The minimum Gasteiger partial charge on any atom is -0.370 e. The molecule has 3 aromatic rings. The van der Waals surface area contributed by atoms with Crippen molar-refractivity contribution in [2.75, 3.05) is 32.8 Å². The molecule has 0 atom stereocenters. The van der Waals surface area contributed by atoms with Crippen LogP contribution >= 0.6 is 11.8 Å². The third-order valence-corrected chi connectivity index (χ3v) is 6.47. The van der Waals surface area contributed by atoms with Crippen LogP contribution in [0.25, 0.3) is 10.9 Å². The van der Waals surface area contributed by atoms with Gasteiger partial charge in [-0.3, -0.25) is 9.36 Å². The summed E-state index contributed by atoms with van der Waals surface area (Å²) in [6.45, 7) is 9.30. The molecule has 29 heavy (non-hydrogen) atoms. The Kier molecular flexibility index (Phi) is 6.32. The lowest BCUT2D eigenvalue weighted by atomic mass is 10.2. The van der Waals surface area contributed by atoms with Crippen LogP contribution in [0.1, 0.15) is 23.4 Å². The van der Waals surface area contributed by atoms with Crippen molar-refractivity contribution in [1.29, 1.82) is 0 Å². The zero-order valence-electron chi connectivity index (χ0n) is 16.9. The lowest BCUT2D eigenvalue weighted by molar-refractivity contribution is -0.908. The number of hydrogen-bond acceptors (Lipinski definition) is 6. The number of aromatic nitrogens is 3. The predicted octanol–water partition coefficient (Wildman–Crippen LogP) is 1.60. The summed E-state index contributed by atoms with van der Waals surface area (Å²) in [5.74, 6) is 1.50. The van der Waals surface area contributed by atoms with Crippen molar-refractivity contribution in [2.45, 2.75) is 37.7 Å². The number of thioether (sulfide) groups is 1. The largest absolute Gasteiger partial charge is 0.370 e. The van der Waals surface area contributed by atoms with Gasteiger partial charge in [-0.2, -0.15) is 0 Å². The van der Waals surface area contributed by atoms with Crippen LogP contribution in [0.3, 0.4) is 0 Å². The summed E-state index contributed by atoms with van der Waals surface area (Å²) in [5.41, 5.74) is 2.74. The molecular weight excluding hydrogens is 388 g/mol. The lowest BCUT2D eigenvalue weighted by Gasteiger charge is -2.24. The molecule has 3 heterocycles. The molecule has 1 aliphatic rings. The molecule has 1 N–H and O–H groups in total. The zero-order chi connectivity index (χ0) is 20.2. The van der Waals surface area contributed by atoms with Gasteiger partial charge in [0.2, 0.25) is 0 Å². The van der Waals surface area contributed by atoms with Crippen molar-refractivity contribution in [3.63, 3.8) is 0 Å². The topological polar surface area (TPSA) is 74.6 Å². The van der Waals surface area contributed by atoms with E-state index in [9.17, 15) is 4.79 Å². The highest BCUT2D eigenvalue weighted by atomic mass is 32.2. The van der Waals surface area contributed by atoms with Crippen LogP contribution in [0.4, 0.5) is 0 Å². The van der Waals surface area contributed by atoms with Gasteiger partial charge in [0.25, 0.3) is 5.56 Å². The second kappa shape index (κ2) is 9.11. The molecule has 1 saturated heterocycles. The monoisotopic (exact) mass is 415 g/mol. The summed E-state index contributed by atoms with van der Waals surface area (Å²) in [7, 11) is 0. The average Bonchev–Trinajstić information content (AvgIpc) is 3.06. The predicted molar refractivity (Wildman–Crippen MR) is 113 cm³/mol. The summed E-state index contributed by atoms with van der Waals surface area (Å²) in [6, 6.07) is 7.57. The molecule has 0 bridgehead atoms. The molecule has 0 amide bonds. The van der Waals surface area contributed by atoms with Gasteiger partial charge in [0.05, 0.1) is 36.4 Å². The molecule has 0 spiro atoms. The van der Waals surface area contributed by atoms with Crippen LogP contribution in [0.15, 0.2) is 38.7 Å². The quantitative estimate of drug-likeness (QED) is 0.467. The number of aryl methyl sites for hydroxylation is 2. The highest BCUT2D eigenvalue weighted by Gasteiger charge is 2.17. The number of morpholine rings is 1. The maximum absolute atomic E-state index is 13.2. The molecule has 0 radical (unpaired) electrons. The summed E-state index contributed by atoms with van der Waals surface area (Å²) in [6.07, 6.45) is 0.939. The fraction of sp³-hybridized carbons (Fsp3) is 0.476. The Hall–Kier alpha value is -2.16. The molecule has 4 rings (SSSR count). The highest BCUT2D eigenvalue weighted by molar-refractivity contribution is 7.98. The molecule has 8 heteroatoms. The van der Waals surface area contributed by atoms with Gasteiger partial charge in [0, 0.05) is 24.3 Å². The Morgan fingerprint density at radius 2 is 2.00 bits per heavy atom. The van der Waals surface area contributed by atoms with Gasteiger partial charge in [0.1, 0.15) is 18.8 Å². The Morgan fingerprint density at radius 3 is 2.76 bits per heavy atom. The fourth-order valence-corrected chi connectivity index (χ4v) is 4.88. The molecule has 0 unspecified atom stereocenters. The van der Waals surface area contributed by atoms with Crippen molar-refractivity contribution in [3.05, 3.63) is 51.6 Å². The SMILES string of the molecule is Cc1noc(C)c1CSc1nc2ccccc2c(=O)n1CCC[NH+]1CCOCC1. The smallest absolute Gasteiger partial charge is 0.262 e. The van der Waals surface area contributed by atoms with E-state index < -0.39 is 0 Å². The first-order chi connectivity index (χ1) is 14.1. The number of ether oxygens (including phenoxy) is 1. The third kappa shape index (κ3) is 4.55. The molecule has 2 aromatic heterocycles. The molecule has 0 aliphatic carbocycles. The van der Waals surface area contributed by atoms with E-state index in [2.05, 4.69) is 5.16 Å². The maximum Gasteiger partial charge on any atom is 0.262 e. The van der Waals surface area contributed by atoms with E-state index in [0.29, 0.717) is 17.7 Å². The second-order valence-corrected chi connectivity index (χ2v) is 8.37. The first kappa shape index (κ1) is 20.1. The van der Waals surface area contributed by atoms with Gasteiger partial charge >= 0.3 is 0 Å². The van der Waals surface area contributed by atoms with Gasteiger partial charge < -0.3 is 14.2 Å². The molecular formula is C21H27N4O3S+. The minimum absolute atomic E-state index is 0.0360. The summed E-state index contributed by atoms with van der Waals surface area (Å²) >= 11 is 1.57. The van der Waals surface area contributed by atoms with Gasteiger partial charge in [-0.1, -0.05) is 29.1 Å². The number of nitrogens with one attached hydrogen (secondary N) is 1. The van der Waals surface area contributed by atoms with Crippen LogP contribution in [0.5, 0.6) is 0 Å². The van der Waals surface area contributed by atoms with E-state index >= 15 is 0 Å². The van der Waals surface area contributed by atoms with Gasteiger partial charge in [0.15, 0.2) is 5.16 Å². The zero-order valence-corrected chi connectivity index (χ0v) is 17.8. The number of nitrogens with zero attached hydrogens (tertiary/aromatic N) is 3. The van der Waals surface area contributed by atoms with Crippen molar-refractivity contribution < 1.29 is 14.2 Å². The number of fused-ring (bicyclic) bond motifs is 1. The molecule has 1 aliphatic heterocycles. The minimum atomic E-state index is 0.0360. The molecule has 154 valence electrons. The van der Waals surface area contributed by atoms with Crippen LogP contribution in [0.2, 0.25) is 0 Å². The summed E-state index contributed by atoms with van der Waals surface area (Å²) in [5, 5.41) is 5.46. The normalized spacial score (nSPS) is 15.2. The van der Waals surface area contributed by atoms with E-state index in [-0.39, 0.29) is 5.56 Å². The van der Waals surface area contributed by atoms with E-state index in [4.69, 9.17) is 14.2 Å². The third-order valence-electron chi connectivity index (χ3n) is 5.47. The van der Waals surface area contributed by atoms with Crippen molar-refractivity contribution in [2.24, 2.45) is 0 Å². The van der Waals surface area contributed by atoms with E-state index in [1.165, 1.54) is 0 Å². The summed E-state index contributed by atoms with van der Waals surface area (Å²) < 4.78 is 12.5. The number of benzene rings is 1. The van der Waals surface area contributed by atoms with Gasteiger partial charge in [-0.25, -0.2) is 4.98 Å². The van der Waals surface area contributed by atoms with Crippen molar-refractivity contribution in [1.82, 2.24) is 14.7 Å². The molecule has 0 saturated carbocycles. The number of hydrogen-bond donors (Lipinski definition) is 1. The van der Waals surface area contributed by atoms with Crippen LogP contribution in [-0.4, -0.2) is 47.6 Å². The van der Waals surface area contributed by atoms with Gasteiger partial charge in [-0.05, 0) is 26.0 Å². The number of quaternary nitrogens is 1. The Labute approximate surface area is 174 Å². The highest BCUT2D eigenvalue weighted by Crippen LogP contribution is 2.25. The van der Waals surface area contributed by atoms with E-state index in [1.54, 1.807) is 16.7 Å². The van der Waals surface area contributed by atoms with Gasteiger partial charge in [-0.15, -0.1) is 0 Å². The van der Waals surface area contributed by atoms with Crippen molar-refractivity contribution >= 4 is 22.7 Å². The Morgan fingerprint density at radius 1 is 1.21 bits per heavy atom. The molecule has 1 fully saturated rings. The molecule has 1 aromatic carbocycles. The Balaban J connectivity index is 1.57. The molecule has 7 nitrogen and oxygen atoms in total. The standard InChI is InChI=1S/C21H26N4O3S/c1-15-18(16(2)28-23-15)14-29-21-22-19-7-4-3-6-17(19)20(26)25(21)9-5-8-24-10-12-27-13-11-24/h3-4,6-7H,5,8-14H2,1-2H3/p+1. The van der Waals surface area contributed by atoms with Crippen molar-refractivity contribution in [3.8, 4) is 0 Å². The number of para-hydroxylation sites is 1. The second-order valence-electron chi connectivity index (χ2n) is 7.43. The van der Waals surface area contributed by atoms with Crippen LogP contribution in [-0.2, 0) is 17.0 Å². The first-order valence-corrected chi connectivity index (χ1v) is 11.1. The summed E-state index contributed by atoms with van der Waals surface area (Å²) in [4.78, 5) is 19.5. The average molecular weight is 416 g/mol.